The van der Waals surface area contributed by atoms with Crippen LogP contribution in [-0.4, -0.2) is 31.5 Å². The normalized spacial score (nSPS) is 30.3. The fraction of sp³-hybridized carbons (Fsp3) is 0.435. The molecule has 2 aromatic carbocycles. The molecule has 0 unspecified atom stereocenters. The third-order valence-electron chi connectivity index (χ3n) is 5.98. The predicted molar refractivity (Wildman–Crippen MR) is 105 cm³/mol. The predicted octanol–water partition coefficient (Wildman–Crippen LogP) is 4.13. The van der Waals surface area contributed by atoms with Crippen LogP contribution in [-0.2, 0) is 9.47 Å². The number of hydrogen-bond donors (Lipinski definition) is 1. The minimum absolute atomic E-state index is 0.0670. The minimum atomic E-state index is -0.395. The number of hydrogen-bond acceptors (Lipinski definition) is 3. The molecule has 2 aliphatic rings. The van der Waals surface area contributed by atoms with Crippen molar-refractivity contribution < 1.29 is 14.3 Å². The number of ether oxygens (including phenoxy) is 2. The second-order valence-electron chi connectivity index (χ2n) is 7.64. The van der Waals surface area contributed by atoms with Crippen molar-refractivity contribution in [1.29, 1.82) is 0 Å². The Bertz CT molecular complexity index is 749. The zero-order valence-corrected chi connectivity index (χ0v) is 15.7. The first-order valence-electron chi connectivity index (χ1n) is 9.83. The van der Waals surface area contributed by atoms with E-state index in [1.807, 2.05) is 30.3 Å². The summed E-state index contributed by atoms with van der Waals surface area (Å²) in [6.07, 6.45) is 4.02. The molecule has 0 radical (unpaired) electrons. The summed E-state index contributed by atoms with van der Waals surface area (Å²) >= 11 is 0. The molecule has 4 heteroatoms. The maximum atomic E-state index is 12.5. The first kappa shape index (κ1) is 18.2. The van der Waals surface area contributed by atoms with Gasteiger partial charge in [0.05, 0.1) is 12.1 Å². The van der Waals surface area contributed by atoms with E-state index in [4.69, 9.17) is 9.47 Å². The Morgan fingerprint density at radius 3 is 2.41 bits per heavy atom. The Morgan fingerprint density at radius 1 is 1.00 bits per heavy atom. The van der Waals surface area contributed by atoms with E-state index in [1.54, 1.807) is 7.11 Å². The molecule has 2 aromatic rings. The van der Waals surface area contributed by atoms with Gasteiger partial charge in [0.25, 0.3) is 5.91 Å². The van der Waals surface area contributed by atoms with Crippen LogP contribution in [0.3, 0.4) is 0 Å². The van der Waals surface area contributed by atoms with Crippen molar-refractivity contribution in [3.63, 3.8) is 0 Å². The lowest BCUT2D eigenvalue weighted by atomic mass is 9.73. The number of rotatable bonds is 4. The fourth-order valence-electron chi connectivity index (χ4n) is 4.55. The van der Waals surface area contributed by atoms with Gasteiger partial charge < -0.3 is 14.8 Å². The molecular weight excluding hydrogens is 338 g/mol. The van der Waals surface area contributed by atoms with Gasteiger partial charge in [-0.3, -0.25) is 4.79 Å². The van der Waals surface area contributed by atoms with Gasteiger partial charge in [-0.2, -0.15) is 0 Å². The second kappa shape index (κ2) is 8.24. The summed E-state index contributed by atoms with van der Waals surface area (Å²) in [5.41, 5.74) is 2.07. The highest BCUT2D eigenvalue weighted by Crippen LogP contribution is 2.42. The highest BCUT2D eigenvalue weighted by molar-refractivity contribution is 5.94. The van der Waals surface area contributed by atoms with Crippen molar-refractivity contribution in [1.82, 2.24) is 5.32 Å². The molecule has 4 rings (SSSR count). The molecule has 1 amide bonds. The first-order chi connectivity index (χ1) is 13.2. The van der Waals surface area contributed by atoms with Crippen LogP contribution in [0.15, 0.2) is 60.7 Å². The van der Waals surface area contributed by atoms with Gasteiger partial charge in [0.1, 0.15) is 0 Å². The smallest absolute Gasteiger partial charge is 0.251 e. The standard InChI is InChI=1S/C23H27NO3/c1-26-23-20(24-22(25)17-10-6-3-7-11-17)14-19-13-12-18(15-21(19)27-23)16-8-4-2-5-9-16/h2-11,18-21,23H,12-15H2,1H3,(H,24,25)/t18-,19+,20-,21-,23-/m1/s1. The zero-order valence-electron chi connectivity index (χ0n) is 15.7. The Labute approximate surface area is 160 Å². The summed E-state index contributed by atoms with van der Waals surface area (Å²) in [6, 6.07) is 19.9. The topological polar surface area (TPSA) is 47.6 Å². The molecule has 2 fully saturated rings. The van der Waals surface area contributed by atoms with Crippen LogP contribution < -0.4 is 5.32 Å². The van der Waals surface area contributed by atoms with Crippen LogP contribution in [0.2, 0.25) is 0 Å². The molecule has 1 aliphatic carbocycles. The minimum Gasteiger partial charge on any atom is -0.354 e. The van der Waals surface area contributed by atoms with Gasteiger partial charge in [-0.25, -0.2) is 0 Å². The van der Waals surface area contributed by atoms with E-state index >= 15 is 0 Å². The van der Waals surface area contributed by atoms with E-state index in [1.165, 1.54) is 12.0 Å². The van der Waals surface area contributed by atoms with E-state index in [0.29, 0.717) is 17.4 Å². The number of carbonyl (C=O) groups excluding carboxylic acids is 1. The zero-order chi connectivity index (χ0) is 18.6. The summed E-state index contributed by atoms with van der Waals surface area (Å²) < 4.78 is 11.9. The van der Waals surface area contributed by atoms with Crippen LogP contribution in [0.5, 0.6) is 0 Å². The SMILES string of the molecule is CO[C@@H]1O[C@@H]2C[C@H](c3ccccc3)CC[C@H]2C[C@H]1NC(=O)c1ccccc1. The van der Waals surface area contributed by atoms with E-state index < -0.39 is 6.29 Å². The van der Waals surface area contributed by atoms with Crippen molar-refractivity contribution in [2.45, 2.75) is 50.0 Å². The highest BCUT2D eigenvalue weighted by Gasteiger charge is 2.42. The molecule has 4 nitrogen and oxygen atoms in total. The van der Waals surface area contributed by atoms with Gasteiger partial charge in [-0.15, -0.1) is 0 Å². The lowest BCUT2D eigenvalue weighted by Gasteiger charge is -2.45. The summed E-state index contributed by atoms with van der Waals surface area (Å²) in [7, 11) is 1.66. The average Bonchev–Trinajstić information content (AvgIpc) is 2.74. The molecule has 27 heavy (non-hydrogen) atoms. The molecule has 1 N–H and O–H groups in total. The summed E-state index contributed by atoms with van der Waals surface area (Å²) in [5, 5.41) is 3.12. The third-order valence-corrected chi connectivity index (χ3v) is 5.98. The quantitative estimate of drug-likeness (QED) is 0.886. The molecular formula is C23H27NO3. The van der Waals surface area contributed by atoms with E-state index in [-0.39, 0.29) is 18.1 Å². The Morgan fingerprint density at radius 2 is 1.70 bits per heavy atom. The van der Waals surface area contributed by atoms with Gasteiger partial charge in [-0.05, 0) is 55.2 Å². The molecule has 0 aromatic heterocycles. The molecule has 1 heterocycles. The largest absolute Gasteiger partial charge is 0.354 e. The van der Waals surface area contributed by atoms with Crippen LogP contribution in [0, 0.1) is 5.92 Å². The van der Waals surface area contributed by atoms with Gasteiger partial charge in [0.15, 0.2) is 6.29 Å². The highest BCUT2D eigenvalue weighted by atomic mass is 16.7. The molecule has 1 aliphatic heterocycles. The van der Waals surface area contributed by atoms with Crippen molar-refractivity contribution in [3.05, 3.63) is 71.8 Å². The van der Waals surface area contributed by atoms with Crippen LogP contribution in [0.1, 0.15) is 47.5 Å². The van der Waals surface area contributed by atoms with Crippen LogP contribution in [0.4, 0.5) is 0 Å². The fourth-order valence-corrected chi connectivity index (χ4v) is 4.55. The summed E-state index contributed by atoms with van der Waals surface area (Å²) in [5.74, 6) is 0.945. The lowest BCUT2D eigenvalue weighted by Crippen LogP contribution is -2.54. The Balaban J connectivity index is 1.42. The Kier molecular flexibility index (Phi) is 5.55. The van der Waals surface area contributed by atoms with Crippen molar-refractivity contribution in [2.24, 2.45) is 5.92 Å². The number of benzene rings is 2. The molecule has 142 valence electrons. The monoisotopic (exact) mass is 365 g/mol. The van der Waals surface area contributed by atoms with Gasteiger partial charge in [0.2, 0.25) is 0 Å². The number of carbonyl (C=O) groups is 1. The summed E-state index contributed by atoms with van der Waals surface area (Å²) in [4.78, 5) is 12.5. The van der Waals surface area contributed by atoms with E-state index in [0.717, 1.165) is 19.3 Å². The van der Waals surface area contributed by atoms with Crippen LogP contribution in [0.25, 0.3) is 0 Å². The number of nitrogens with one attached hydrogen (secondary N) is 1. The molecule has 1 saturated carbocycles. The van der Waals surface area contributed by atoms with E-state index in [2.05, 4.69) is 35.6 Å². The maximum absolute atomic E-state index is 12.5. The Hall–Kier alpha value is -2.17. The van der Waals surface area contributed by atoms with Crippen molar-refractivity contribution >= 4 is 5.91 Å². The molecule has 0 bridgehead atoms. The molecule has 5 atom stereocenters. The van der Waals surface area contributed by atoms with Gasteiger partial charge in [0, 0.05) is 12.7 Å². The second-order valence-corrected chi connectivity index (χ2v) is 7.64. The van der Waals surface area contributed by atoms with Crippen molar-refractivity contribution in [3.8, 4) is 0 Å². The maximum Gasteiger partial charge on any atom is 0.251 e. The molecule has 0 spiro atoms. The average molecular weight is 365 g/mol. The number of fused-ring (bicyclic) bond motifs is 1. The molecule has 1 saturated heterocycles. The lowest BCUT2D eigenvalue weighted by molar-refractivity contribution is -0.218. The number of amides is 1. The first-order valence-corrected chi connectivity index (χ1v) is 9.83. The summed E-state index contributed by atoms with van der Waals surface area (Å²) in [6.45, 7) is 0. The van der Waals surface area contributed by atoms with E-state index in [9.17, 15) is 4.79 Å². The van der Waals surface area contributed by atoms with Crippen molar-refractivity contribution in [2.75, 3.05) is 7.11 Å². The third kappa shape index (κ3) is 4.07. The van der Waals surface area contributed by atoms with Crippen LogP contribution >= 0.6 is 0 Å². The van der Waals surface area contributed by atoms with Gasteiger partial charge >= 0.3 is 0 Å². The van der Waals surface area contributed by atoms with Gasteiger partial charge in [-0.1, -0.05) is 48.5 Å². The number of methoxy groups -OCH3 is 1.